The van der Waals surface area contributed by atoms with Crippen molar-refractivity contribution in [2.45, 2.75) is 78.7 Å². The predicted molar refractivity (Wildman–Crippen MR) is 94.9 cm³/mol. The van der Waals surface area contributed by atoms with Crippen molar-refractivity contribution in [1.82, 2.24) is 5.32 Å². The van der Waals surface area contributed by atoms with E-state index in [9.17, 15) is 0 Å². The molecule has 0 saturated heterocycles. The van der Waals surface area contributed by atoms with Gasteiger partial charge in [0, 0.05) is 6.04 Å². The van der Waals surface area contributed by atoms with E-state index in [1.54, 1.807) is 0 Å². The van der Waals surface area contributed by atoms with Crippen molar-refractivity contribution in [3.05, 3.63) is 35.4 Å². The Morgan fingerprint density at radius 1 is 1.10 bits per heavy atom. The number of benzene rings is 1. The summed E-state index contributed by atoms with van der Waals surface area (Å²) in [6.45, 7) is 10.1. The lowest BCUT2D eigenvalue weighted by molar-refractivity contribution is 0.341. The van der Waals surface area contributed by atoms with Gasteiger partial charge in [-0.3, -0.25) is 0 Å². The molecule has 21 heavy (non-hydrogen) atoms. The summed E-state index contributed by atoms with van der Waals surface area (Å²) in [4.78, 5) is 0. The minimum Gasteiger partial charge on any atom is -0.314 e. The quantitative estimate of drug-likeness (QED) is 0.566. The maximum Gasteiger partial charge on any atom is 0.00727 e. The van der Waals surface area contributed by atoms with Crippen LogP contribution in [0.5, 0.6) is 0 Å². The number of rotatable bonds is 11. The predicted octanol–water partition coefficient (Wildman–Crippen LogP) is 5.51. The molecule has 0 fully saturated rings. The van der Waals surface area contributed by atoms with Crippen LogP contribution in [-0.2, 0) is 6.42 Å². The number of unbranched alkanes of at least 4 members (excludes halogenated alkanes) is 1. The smallest absolute Gasteiger partial charge is 0.00727 e. The molecule has 0 spiro atoms. The summed E-state index contributed by atoms with van der Waals surface area (Å²) in [5, 5.41) is 3.71. The lowest BCUT2D eigenvalue weighted by Gasteiger charge is -2.23. The first-order chi connectivity index (χ1) is 10.2. The number of hydrogen-bond acceptors (Lipinski definition) is 1. The topological polar surface area (TPSA) is 12.0 Å². The molecule has 0 amide bonds. The summed E-state index contributed by atoms with van der Waals surface area (Å²) < 4.78 is 0. The Bertz CT molecular complexity index is 372. The molecule has 0 bridgehead atoms. The van der Waals surface area contributed by atoms with Gasteiger partial charge in [-0.25, -0.2) is 0 Å². The molecule has 2 atom stereocenters. The van der Waals surface area contributed by atoms with Crippen LogP contribution in [0.4, 0.5) is 0 Å². The summed E-state index contributed by atoms with van der Waals surface area (Å²) in [7, 11) is 0. The van der Waals surface area contributed by atoms with Crippen LogP contribution >= 0.6 is 0 Å². The van der Waals surface area contributed by atoms with Crippen molar-refractivity contribution in [2.75, 3.05) is 6.54 Å². The maximum atomic E-state index is 3.71. The molecular formula is C20H35N. The first-order valence-corrected chi connectivity index (χ1v) is 8.98. The Balaban J connectivity index is 2.48. The monoisotopic (exact) mass is 289 g/mol. The molecule has 0 aromatic heterocycles. The summed E-state index contributed by atoms with van der Waals surface area (Å²) in [6, 6.07) is 9.64. The van der Waals surface area contributed by atoms with E-state index in [1.165, 1.54) is 56.1 Å². The molecule has 1 N–H and O–H groups in total. The highest BCUT2D eigenvalue weighted by Gasteiger charge is 2.14. The van der Waals surface area contributed by atoms with E-state index in [4.69, 9.17) is 0 Å². The molecule has 0 aliphatic heterocycles. The third-order valence-electron chi connectivity index (χ3n) is 4.52. The van der Waals surface area contributed by atoms with Gasteiger partial charge in [-0.2, -0.15) is 0 Å². The molecule has 1 rings (SSSR count). The van der Waals surface area contributed by atoms with Crippen LogP contribution in [0.1, 0.15) is 70.4 Å². The van der Waals surface area contributed by atoms with Gasteiger partial charge in [-0.15, -0.1) is 0 Å². The van der Waals surface area contributed by atoms with Crippen molar-refractivity contribution >= 4 is 0 Å². The fourth-order valence-corrected chi connectivity index (χ4v) is 3.18. The third kappa shape index (κ3) is 7.66. The highest BCUT2D eigenvalue weighted by molar-refractivity contribution is 5.22. The Morgan fingerprint density at radius 2 is 1.90 bits per heavy atom. The van der Waals surface area contributed by atoms with E-state index in [2.05, 4.69) is 57.3 Å². The lowest BCUT2D eigenvalue weighted by Crippen LogP contribution is -2.31. The van der Waals surface area contributed by atoms with Gasteiger partial charge >= 0.3 is 0 Å². The Kier molecular flexibility index (Phi) is 9.41. The molecule has 120 valence electrons. The summed E-state index contributed by atoms with van der Waals surface area (Å²) >= 11 is 0. The van der Waals surface area contributed by atoms with Gasteiger partial charge in [-0.05, 0) is 44.2 Å². The van der Waals surface area contributed by atoms with Gasteiger partial charge in [0.25, 0.3) is 0 Å². The summed E-state index contributed by atoms with van der Waals surface area (Å²) in [5.74, 6) is 0.895. The molecular weight excluding hydrogens is 254 g/mol. The van der Waals surface area contributed by atoms with E-state index >= 15 is 0 Å². The number of nitrogens with one attached hydrogen (secondary N) is 1. The second kappa shape index (κ2) is 10.8. The SMILES string of the molecule is CCCCC(CC)CC(CCc1cccc(C)c1)NCC. The van der Waals surface area contributed by atoms with Crippen molar-refractivity contribution < 1.29 is 0 Å². The Labute approximate surface area is 132 Å². The molecule has 2 unspecified atom stereocenters. The van der Waals surface area contributed by atoms with Crippen LogP contribution in [0.3, 0.4) is 0 Å². The minimum atomic E-state index is 0.678. The van der Waals surface area contributed by atoms with E-state index in [-0.39, 0.29) is 0 Å². The van der Waals surface area contributed by atoms with Crippen LogP contribution in [0, 0.1) is 12.8 Å². The zero-order chi connectivity index (χ0) is 15.5. The minimum absolute atomic E-state index is 0.678. The van der Waals surface area contributed by atoms with Crippen LogP contribution in [-0.4, -0.2) is 12.6 Å². The Hall–Kier alpha value is -0.820. The second-order valence-corrected chi connectivity index (χ2v) is 6.43. The average molecular weight is 290 g/mol. The summed E-state index contributed by atoms with van der Waals surface area (Å²) in [6.07, 6.45) is 9.24. The van der Waals surface area contributed by atoms with Crippen molar-refractivity contribution in [1.29, 1.82) is 0 Å². The molecule has 0 aliphatic carbocycles. The third-order valence-corrected chi connectivity index (χ3v) is 4.52. The van der Waals surface area contributed by atoms with E-state index in [0.29, 0.717) is 6.04 Å². The Morgan fingerprint density at radius 3 is 2.52 bits per heavy atom. The van der Waals surface area contributed by atoms with Crippen molar-refractivity contribution in [3.8, 4) is 0 Å². The molecule has 0 aliphatic rings. The van der Waals surface area contributed by atoms with Crippen LogP contribution in [0.25, 0.3) is 0 Å². The van der Waals surface area contributed by atoms with Crippen molar-refractivity contribution in [3.63, 3.8) is 0 Å². The first-order valence-electron chi connectivity index (χ1n) is 8.98. The van der Waals surface area contributed by atoms with Crippen LogP contribution < -0.4 is 5.32 Å². The van der Waals surface area contributed by atoms with Gasteiger partial charge in [0.2, 0.25) is 0 Å². The molecule has 1 aromatic carbocycles. The summed E-state index contributed by atoms with van der Waals surface area (Å²) in [5.41, 5.74) is 2.86. The second-order valence-electron chi connectivity index (χ2n) is 6.43. The normalized spacial score (nSPS) is 14.1. The van der Waals surface area contributed by atoms with Crippen LogP contribution in [0.2, 0.25) is 0 Å². The zero-order valence-electron chi connectivity index (χ0n) is 14.6. The maximum absolute atomic E-state index is 3.71. The van der Waals surface area contributed by atoms with Gasteiger partial charge in [0.1, 0.15) is 0 Å². The zero-order valence-corrected chi connectivity index (χ0v) is 14.6. The van der Waals surface area contributed by atoms with Crippen molar-refractivity contribution in [2.24, 2.45) is 5.92 Å². The van der Waals surface area contributed by atoms with Crippen LogP contribution in [0.15, 0.2) is 24.3 Å². The largest absolute Gasteiger partial charge is 0.314 e. The molecule has 1 heteroatoms. The molecule has 0 saturated carbocycles. The van der Waals surface area contributed by atoms with Gasteiger partial charge in [0.15, 0.2) is 0 Å². The van der Waals surface area contributed by atoms with Gasteiger partial charge < -0.3 is 5.32 Å². The van der Waals surface area contributed by atoms with E-state index in [0.717, 1.165) is 12.5 Å². The van der Waals surface area contributed by atoms with E-state index < -0.39 is 0 Å². The molecule has 1 nitrogen and oxygen atoms in total. The van der Waals surface area contributed by atoms with E-state index in [1.807, 2.05) is 0 Å². The molecule has 0 radical (unpaired) electrons. The highest BCUT2D eigenvalue weighted by Crippen LogP contribution is 2.21. The standard InChI is InChI=1S/C20H35N/c1-5-8-11-18(6-2)16-20(21-7-3)14-13-19-12-9-10-17(4)15-19/h9-10,12,15,18,20-21H,5-8,11,13-14,16H2,1-4H3. The number of aryl methyl sites for hydroxylation is 2. The van der Waals surface area contributed by atoms with Gasteiger partial charge in [0.05, 0.1) is 0 Å². The average Bonchev–Trinajstić information content (AvgIpc) is 2.49. The fraction of sp³-hybridized carbons (Fsp3) is 0.700. The molecule has 1 aromatic rings. The van der Waals surface area contributed by atoms with Gasteiger partial charge in [-0.1, -0.05) is 76.3 Å². The first kappa shape index (κ1) is 18.2. The fourth-order valence-electron chi connectivity index (χ4n) is 3.18. The highest BCUT2D eigenvalue weighted by atomic mass is 14.9. The number of hydrogen-bond donors (Lipinski definition) is 1. The lowest BCUT2D eigenvalue weighted by atomic mass is 9.89. The molecule has 0 heterocycles.